The third kappa shape index (κ3) is 5.97. The van der Waals surface area contributed by atoms with E-state index in [4.69, 9.17) is 4.74 Å². The van der Waals surface area contributed by atoms with Crippen molar-refractivity contribution in [2.24, 2.45) is 0 Å². The molecule has 0 radical (unpaired) electrons. The molecular formula is C22H30N2O2. The maximum atomic E-state index is 12.6. The molecule has 2 aromatic carbocycles. The monoisotopic (exact) mass is 354 g/mol. The van der Waals surface area contributed by atoms with Crippen molar-refractivity contribution in [1.82, 2.24) is 10.2 Å². The number of nitrogens with zero attached hydrogens (tertiary/aromatic N) is 1. The van der Waals surface area contributed by atoms with Gasteiger partial charge in [-0.3, -0.25) is 9.69 Å². The lowest BCUT2D eigenvalue weighted by Crippen LogP contribution is -2.45. The number of nitrogens with one attached hydrogen (secondary N) is 1. The van der Waals surface area contributed by atoms with E-state index < -0.39 is 0 Å². The molecule has 0 saturated carbocycles. The van der Waals surface area contributed by atoms with E-state index in [0.29, 0.717) is 18.7 Å². The molecule has 2 rings (SSSR count). The molecule has 0 aromatic heterocycles. The first-order chi connectivity index (χ1) is 12.7. The number of likely N-dealkylation sites (N-methyl/N-ethyl adjacent to an activating group) is 1. The number of amides is 1. The Bertz CT molecular complexity index is 669. The van der Waals surface area contributed by atoms with Crippen molar-refractivity contribution in [1.29, 1.82) is 0 Å². The number of hydrogen-bond acceptors (Lipinski definition) is 3. The lowest BCUT2D eigenvalue weighted by molar-refractivity contribution is 0.0934. The summed E-state index contributed by atoms with van der Waals surface area (Å²) in [6.45, 7) is 7.40. The van der Waals surface area contributed by atoms with E-state index in [1.54, 1.807) is 7.11 Å². The lowest BCUT2D eigenvalue weighted by atomic mass is 10.0. The molecule has 0 saturated heterocycles. The lowest BCUT2D eigenvalue weighted by Gasteiger charge is -2.30. The number of rotatable bonds is 10. The zero-order valence-corrected chi connectivity index (χ0v) is 16.1. The molecule has 1 atom stereocenters. The summed E-state index contributed by atoms with van der Waals surface area (Å²) >= 11 is 0. The highest BCUT2D eigenvalue weighted by Gasteiger charge is 2.18. The molecule has 2 aromatic rings. The van der Waals surface area contributed by atoms with Crippen molar-refractivity contribution in [3.05, 3.63) is 71.3 Å². The number of benzene rings is 2. The molecule has 26 heavy (non-hydrogen) atoms. The van der Waals surface area contributed by atoms with Crippen molar-refractivity contribution in [3.63, 3.8) is 0 Å². The summed E-state index contributed by atoms with van der Waals surface area (Å²) in [6.07, 6.45) is 0.923. The normalized spacial score (nSPS) is 12.2. The Balaban J connectivity index is 2.03. The maximum Gasteiger partial charge on any atom is 0.251 e. The van der Waals surface area contributed by atoms with Crippen LogP contribution in [0.2, 0.25) is 0 Å². The third-order valence-corrected chi connectivity index (χ3v) is 4.64. The van der Waals surface area contributed by atoms with Gasteiger partial charge in [0.05, 0.1) is 6.61 Å². The summed E-state index contributed by atoms with van der Waals surface area (Å²) in [4.78, 5) is 15.0. The van der Waals surface area contributed by atoms with Crippen LogP contribution in [0, 0.1) is 0 Å². The molecule has 0 fully saturated rings. The van der Waals surface area contributed by atoms with E-state index in [9.17, 15) is 4.79 Å². The van der Waals surface area contributed by atoms with Gasteiger partial charge in [-0.25, -0.2) is 0 Å². The Labute approximate surface area is 157 Å². The van der Waals surface area contributed by atoms with Crippen LogP contribution in [0.1, 0.15) is 35.3 Å². The van der Waals surface area contributed by atoms with Gasteiger partial charge in [0.25, 0.3) is 5.91 Å². The minimum absolute atomic E-state index is 0.0341. The van der Waals surface area contributed by atoms with Gasteiger partial charge < -0.3 is 10.1 Å². The summed E-state index contributed by atoms with van der Waals surface area (Å²) in [5, 5.41) is 3.12. The Hall–Kier alpha value is -2.17. The van der Waals surface area contributed by atoms with Crippen LogP contribution < -0.4 is 5.32 Å². The predicted molar refractivity (Wildman–Crippen MR) is 106 cm³/mol. The Morgan fingerprint density at radius 2 is 1.73 bits per heavy atom. The van der Waals surface area contributed by atoms with Gasteiger partial charge in [0.15, 0.2) is 0 Å². The standard InChI is InChI=1S/C22H30N2O2/c1-4-24(5-2)21(15-18-10-7-6-8-11-18)16-23-22(25)20-13-9-12-19(14-20)17-26-3/h6-14,21H,4-5,15-17H2,1-3H3,(H,23,25)/t21-/m0/s1. The molecule has 0 bridgehead atoms. The number of carbonyl (C=O) groups is 1. The van der Waals surface area contributed by atoms with Gasteiger partial charge in [-0.2, -0.15) is 0 Å². The first-order valence-electron chi connectivity index (χ1n) is 9.32. The molecule has 140 valence electrons. The summed E-state index contributed by atoms with van der Waals surface area (Å²) < 4.78 is 5.15. The molecule has 0 aliphatic rings. The zero-order valence-electron chi connectivity index (χ0n) is 16.1. The van der Waals surface area contributed by atoms with Crippen molar-refractivity contribution >= 4 is 5.91 Å². The van der Waals surface area contributed by atoms with Gasteiger partial charge in [0.1, 0.15) is 0 Å². The minimum Gasteiger partial charge on any atom is -0.380 e. The highest BCUT2D eigenvalue weighted by atomic mass is 16.5. The van der Waals surface area contributed by atoms with Crippen LogP contribution in [0.15, 0.2) is 54.6 Å². The van der Waals surface area contributed by atoms with Crippen molar-refractivity contribution in [2.75, 3.05) is 26.7 Å². The molecule has 0 spiro atoms. The van der Waals surface area contributed by atoms with Crippen LogP contribution in [0.3, 0.4) is 0 Å². The van der Waals surface area contributed by atoms with Gasteiger partial charge in [0.2, 0.25) is 0 Å². The maximum absolute atomic E-state index is 12.6. The van der Waals surface area contributed by atoms with E-state index in [0.717, 1.165) is 25.1 Å². The molecule has 0 unspecified atom stereocenters. The van der Waals surface area contributed by atoms with Crippen LogP contribution in [0.5, 0.6) is 0 Å². The first kappa shape index (κ1) is 20.1. The average molecular weight is 354 g/mol. The molecule has 4 heteroatoms. The quantitative estimate of drug-likeness (QED) is 0.710. The molecule has 1 amide bonds. The zero-order chi connectivity index (χ0) is 18.8. The molecule has 4 nitrogen and oxygen atoms in total. The predicted octanol–water partition coefficient (Wildman–Crippen LogP) is 3.52. The second-order valence-corrected chi connectivity index (χ2v) is 6.41. The Morgan fingerprint density at radius 3 is 2.38 bits per heavy atom. The van der Waals surface area contributed by atoms with Crippen LogP contribution >= 0.6 is 0 Å². The molecular weight excluding hydrogens is 324 g/mol. The highest BCUT2D eigenvalue weighted by Crippen LogP contribution is 2.10. The van der Waals surface area contributed by atoms with Crippen molar-refractivity contribution in [2.45, 2.75) is 32.9 Å². The van der Waals surface area contributed by atoms with E-state index in [1.807, 2.05) is 30.3 Å². The fraction of sp³-hybridized carbons (Fsp3) is 0.409. The average Bonchev–Trinajstić information content (AvgIpc) is 2.68. The Morgan fingerprint density at radius 1 is 1.04 bits per heavy atom. The van der Waals surface area contributed by atoms with Gasteiger partial charge >= 0.3 is 0 Å². The summed E-state index contributed by atoms with van der Waals surface area (Å²) in [5.74, 6) is -0.0341. The summed E-state index contributed by atoms with van der Waals surface area (Å²) in [7, 11) is 1.66. The van der Waals surface area contributed by atoms with E-state index >= 15 is 0 Å². The molecule has 0 aliphatic heterocycles. The van der Waals surface area contributed by atoms with Gasteiger partial charge in [-0.15, -0.1) is 0 Å². The fourth-order valence-electron chi connectivity index (χ4n) is 3.24. The topological polar surface area (TPSA) is 41.6 Å². The van der Waals surface area contributed by atoms with E-state index in [1.165, 1.54) is 5.56 Å². The fourth-order valence-corrected chi connectivity index (χ4v) is 3.24. The summed E-state index contributed by atoms with van der Waals surface area (Å²) in [6, 6.07) is 18.3. The van der Waals surface area contributed by atoms with Gasteiger partial charge in [-0.05, 0) is 42.8 Å². The number of methoxy groups -OCH3 is 1. The second-order valence-electron chi connectivity index (χ2n) is 6.41. The van der Waals surface area contributed by atoms with E-state index in [2.05, 4.69) is 48.3 Å². The minimum atomic E-state index is -0.0341. The van der Waals surface area contributed by atoms with Crippen LogP contribution in [0.25, 0.3) is 0 Å². The summed E-state index contributed by atoms with van der Waals surface area (Å²) in [5.41, 5.74) is 2.98. The number of carbonyl (C=O) groups excluding carboxylic acids is 1. The number of ether oxygens (including phenoxy) is 1. The smallest absolute Gasteiger partial charge is 0.251 e. The molecule has 1 N–H and O–H groups in total. The van der Waals surface area contributed by atoms with Crippen LogP contribution in [-0.4, -0.2) is 43.6 Å². The number of hydrogen-bond donors (Lipinski definition) is 1. The SMILES string of the molecule is CCN(CC)[C@H](CNC(=O)c1cccc(COC)c1)Cc1ccccc1. The first-order valence-corrected chi connectivity index (χ1v) is 9.32. The van der Waals surface area contributed by atoms with Crippen LogP contribution in [-0.2, 0) is 17.8 Å². The third-order valence-electron chi connectivity index (χ3n) is 4.64. The van der Waals surface area contributed by atoms with Crippen LogP contribution in [0.4, 0.5) is 0 Å². The molecule has 0 aliphatic carbocycles. The largest absolute Gasteiger partial charge is 0.380 e. The van der Waals surface area contributed by atoms with Gasteiger partial charge in [-0.1, -0.05) is 56.3 Å². The molecule has 0 heterocycles. The highest BCUT2D eigenvalue weighted by molar-refractivity contribution is 5.94. The van der Waals surface area contributed by atoms with Crippen molar-refractivity contribution in [3.8, 4) is 0 Å². The Kier molecular flexibility index (Phi) is 8.32. The second kappa shape index (κ2) is 10.7. The van der Waals surface area contributed by atoms with Crippen molar-refractivity contribution < 1.29 is 9.53 Å². The van der Waals surface area contributed by atoms with E-state index in [-0.39, 0.29) is 11.9 Å². The van der Waals surface area contributed by atoms with Gasteiger partial charge in [0, 0.05) is 25.3 Å².